The molecule has 2 aromatic rings. The number of aromatic amines is 1. The van der Waals surface area contributed by atoms with Crippen LogP contribution < -0.4 is 10.0 Å². The molecule has 23 heavy (non-hydrogen) atoms. The number of rotatable bonds is 2. The van der Waals surface area contributed by atoms with Crippen LogP contribution in [0.25, 0.3) is 11.0 Å². The molecular weight excluding hydrogens is 316 g/mol. The van der Waals surface area contributed by atoms with E-state index in [1.54, 1.807) is 6.33 Å². The van der Waals surface area contributed by atoms with Gasteiger partial charge in [0.2, 0.25) is 0 Å². The molecule has 8 nitrogen and oxygen atoms in total. The number of hydrogen-bond acceptors (Lipinski definition) is 5. The summed E-state index contributed by atoms with van der Waals surface area (Å²) in [6.45, 7) is 4.75. The third-order valence-electron chi connectivity index (χ3n) is 5.24. The quantitative estimate of drug-likeness (QED) is 0.820. The maximum Gasteiger partial charge on any atom is 0.276 e. The molecule has 2 aliphatic heterocycles. The zero-order chi connectivity index (χ0) is 16.2. The van der Waals surface area contributed by atoms with Gasteiger partial charge in [-0.1, -0.05) is 6.92 Å². The van der Waals surface area contributed by atoms with Gasteiger partial charge in [-0.25, -0.2) is 15.1 Å². The first kappa shape index (κ1) is 14.9. The largest absolute Gasteiger partial charge is 0.355 e. The van der Waals surface area contributed by atoms with E-state index in [-0.39, 0.29) is 5.41 Å². The van der Waals surface area contributed by atoms with E-state index < -0.39 is 10.2 Å². The van der Waals surface area contributed by atoms with Crippen molar-refractivity contribution in [3.63, 3.8) is 0 Å². The summed E-state index contributed by atoms with van der Waals surface area (Å²) in [7, 11) is -3.62. The monoisotopic (exact) mass is 336 g/mol. The number of nitrogens with two attached hydrogens (primary N) is 1. The molecule has 2 saturated heterocycles. The molecule has 2 aromatic heterocycles. The molecule has 3 N–H and O–H groups in total. The van der Waals surface area contributed by atoms with Crippen molar-refractivity contribution in [3.8, 4) is 0 Å². The Morgan fingerprint density at radius 3 is 3.00 bits per heavy atom. The highest BCUT2D eigenvalue weighted by Gasteiger charge is 2.49. The number of fused-ring (bicyclic) bond motifs is 2. The molecule has 0 radical (unpaired) electrons. The fourth-order valence-corrected chi connectivity index (χ4v) is 4.86. The molecule has 0 amide bonds. The predicted molar refractivity (Wildman–Crippen MR) is 87.0 cm³/mol. The average molecular weight is 336 g/mol. The molecule has 0 aliphatic carbocycles. The standard InChI is InChI=1S/C14H20N6O2S/c1-14-7-19(13-11-2-4-16-12(11)17-9-18-13)5-3-10(14)6-20(8-14)23(15,21)22/h2,4,9-10H,3,5-8H2,1H3,(H2,15,21,22)(H,16,17,18)/t10?,14-/m0/s1. The molecule has 2 fully saturated rings. The van der Waals surface area contributed by atoms with E-state index in [4.69, 9.17) is 5.14 Å². The molecular formula is C14H20N6O2S. The first-order valence-electron chi connectivity index (χ1n) is 7.68. The highest BCUT2D eigenvalue weighted by atomic mass is 32.2. The van der Waals surface area contributed by atoms with Gasteiger partial charge in [-0.05, 0) is 18.4 Å². The van der Waals surface area contributed by atoms with Crippen LogP contribution in [-0.2, 0) is 10.2 Å². The summed E-state index contributed by atoms with van der Waals surface area (Å²) in [5, 5.41) is 6.32. The molecule has 9 heteroatoms. The van der Waals surface area contributed by atoms with E-state index in [1.807, 2.05) is 12.3 Å². The van der Waals surface area contributed by atoms with Gasteiger partial charge in [0.05, 0.1) is 5.39 Å². The Labute approximate surface area is 134 Å². The smallest absolute Gasteiger partial charge is 0.276 e. The summed E-state index contributed by atoms with van der Waals surface area (Å²) in [6.07, 6.45) is 4.35. The average Bonchev–Trinajstić information content (AvgIpc) is 3.08. The van der Waals surface area contributed by atoms with Crippen LogP contribution in [0.4, 0.5) is 5.82 Å². The maximum absolute atomic E-state index is 11.7. The third-order valence-corrected chi connectivity index (χ3v) is 6.24. The predicted octanol–water partition coefficient (Wildman–Crippen LogP) is 0.310. The van der Waals surface area contributed by atoms with Crippen LogP contribution >= 0.6 is 0 Å². The minimum atomic E-state index is -3.62. The summed E-state index contributed by atoms with van der Waals surface area (Å²) in [4.78, 5) is 14.0. The molecule has 0 bridgehead atoms. The summed E-state index contributed by atoms with van der Waals surface area (Å²) in [6, 6.07) is 1.98. The van der Waals surface area contributed by atoms with E-state index in [9.17, 15) is 8.42 Å². The lowest BCUT2D eigenvalue weighted by molar-refractivity contribution is 0.214. The van der Waals surface area contributed by atoms with Crippen LogP contribution in [0.1, 0.15) is 13.3 Å². The van der Waals surface area contributed by atoms with Crippen molar-refractivity contribution >= 4 is 27.1 Å². The SMILES string of the molecule is C[C@@]12CN(c3ncnc4[nH]ccc34)CCC1CN(S(N)(=O)=O)C2. The Bertz CT molecular complexity index is 850. The lowest BCUT2D eigenvalue weighted by atomic mass is 9.75. The molecule has 124 valence electrons. The Morgan fingerprint density at radius 2 is 2.22 bits per heavy atom. The molecule has 0 aromatic carbocycles. The number of piperidine rings is 1. The van der Waals surface area contributed by atoms with E-state index in [0.29, 0.717) is 19.0 Å². The number of nitrogens with zero attached hydrogens (tertiary/aromatic N) is 4. The second kappa shape index (κ2) is 4.89. The summed E-state index contributed by atoms with van der Waals surface area (Å²) in [5.74, 6) is 1.24. The minimum Gasteiger partial charge on any atom is -0.355 e. The number of nitrogens with one attached hydrogen (secondary N) is 1. The van der Waals surface area contributed by atoms with Gasteiger partial charge in [0, 0.05) is 37.8 Å². The van der Waals surface area contributed by atoms with Gasteiger partial charge < -0.3 is 9.88 Å². The summed E-state index contributed by atoms with van der Waals surface area (Å²) < 4.78 is 24.8. The first-order chi connectivity index (χ1) is 10.9. The van der Waals surface area contributed by atoms with Gasteiger partial charge in [0.1, 0.15) is 17.8 Å². The molecule has 0 saturated carbocycles. The van der Waals surface area contributed by atoms with Gasteiger partial charge in [-0.15, -0.1) is 0 Å². The van der Waals surface area contributed by atoms with Crippen molar-refractivity contribution < 1.29 is 8.42 Å². The Kier molecular flexibility index (Phi) is 3.16. The van der Waals surface area contributed by atoms with Crippen molar-refractivity contribution in [2.45, 2.75) is 13.3 Å². The van der Waals surface area contributed by atoms with Crippen LogP contribution in [0.15, 0.2) is 18.6 Å². The fourth-order valence-electron chi connectivity index (χ4n) is 3.99. The van der Waals surface area contributed by atoms with Gasteiger partial charge >= 0.3 is 0 Å². The van der Waals surface area contributed by atoms with Crippen LogP contribution in [0, 0.1) is 11.3 Å². The zero-order valence-corrected chi connectivity index (χ0v) is 13.8. The van der Waals surface area contributed by atoms with Crippen LogP contribution in [0.5, 0.6) is 0 Å². The highest BCUT2D eigenvalue weighted by molar-refractivity contribution is 7.86. The van der Waals surface area contributed by atoms with Crippen molar-refractivity contribution in [3.05, 3.63) is 18.6 Å². The first-order valence-corrected chi connectivity index (χ1v) is 9.18. The third kappa shape index (κ3) is 2.39. The van der Waals surface area contributed by atoms with Gasteiger partial charge in [-0.3, -0.25) is 0 Å². The Morgan fingerprint density at radius 1 is 1.39 bits per heavy atom. The van der Waals surface area contributed by atoms with Crippen molar-refractivity contribution in [2.24, 2.45) is 16.5 Å². The number of aromatic nitrogens is 3. The lowest BCUT2D eigenvalue weighted by Gasteiger charge is -2.42. The molecule has 4 rings (SSSR count). The Hall–Kier alpha value is -1.71. The van der Waals surface area contributed by atoms with Gasteiger partial charge in [0.15, 0.2) is 0 Å². The molecule has 1 unspecified atom stereocenters. The number of H-pyrrole nitrogens is 1. The van der Waals surface area contributed by atoms with E-state index in [2.05, 4.69) is 26.8 Å². The molecule has 0 spiro atoms. The minimum absolute atomic E-state index is 0.113. The maximum atomic E-state index is 11.7. The fraction of sp³-hybridized carbons (Fsp3) is 0.571. The van der Waals surface area contributed by atoms with Crippen molar-refractivity contribution in [2.75, 3.05) is 31.1 Å². The Balaban J connectivity index is 1.64. The molecule has 2 aliphatic rings. The number of hydrogen-bond donors (Lipinski definition) is 2. The van der Waals surface area contributed by atoms with E-state index in [0.717, 1.165) is 36.4 Å². The number of anilines is 1. The lowest BCUT2D eigenvalue weighted by Crippen LogP contribution is -2.47. The highest BCUT2D eigenvalue weighted by Crippen LogP contribution is 2.43. The normalized spacial score (nSPS) is 29.1. The van der Waals surface area contributed by atoms with Crippen molar-refractivity contribution in [1.82, 2.24) is 19.3 Å². The summed E-state index contributed by atoms with van der Waals surface area (Å²) in [5.41, 5.74) is 0.706. The second-order valence-electron chi connectivity index (χ2n) is 6.84. The van der Waals surface area contributed by atoms with Crippen LogP contribution in [0.2, 0.25) is 0 Å². The topological polar surface area (TPSA) is 108 Å². The van der Waals surface area contributed by atoms with Crippen molar-refractivity contribution in [1.29, 1.82) is 0 Å². The van der Waals surface area contributed by atoms with Gasteiger partial charge in [0.25, 0.3) is 10.2 Å². The zero-order valence-electron chi connectivity index (χ0n) is 12.9. The second-order valence-corrected chi connectivity index (χ2v) is 8.38. The summed E-state index contributed by atoms with van der Waals surface area (Å²) >= 11 is 0. The van der Waals surface area contributed by atoms with Gasteiger partial charge in [-0.2, -0.15) is 12.7 Å². The van der Waals surface area contributed by atoms with E-state index >= 15 is 0 Å². The molecule has 4 heterocycles. The van der Waals surface area contributed by atoms with Crippen LogP contribution in [0.3, 0.4) is 0 Å². The molecule has 2 atom stereocenters. The van der Waals surface area contributed by atoms with E-state index in [1.165, 1.54) is 4.31 Å². The van der Waals surface area contributed by atoms with Crippen LogP contribution in [-0.4, -0.2) is 53.9 Å².